The molecule has 6 heteroatoms. The van der Waals surface area contributed by atoms with E-state index in [9.17, 15) is 4.79 Å². The summed E-state index contributed by atoms with van der Waals surface area (Å²) in [7, 11) is 4.66. The van der Waals surface area contributed by atoms with Crippen LogP contribution in [0.5, 0.6) is 11.5 Å². The van der Waals surface area contributed by atoms with Crippen molar-refractivity contribution in [1.82, 2.24) is 9.78 Å². The highest BCUT2D eigenvalue weighted by Gasteiger charge is 2.22. The molecule has 0 spiro atoms. The normalized spacial score (nSPS) is 10.3. The third kappa shape index (κ3) is 2.42. The summed E-state index contributed by atoms with van der Waals surface area (Å²) in [4.78, 5) is 12.6. The zero-order valence-corrected chi connectivity index (χ0v) is 11.6. The largest absolute Gasteiger partial charge is 0.496 e. The van der Waals surface area contributed by atoms with E-state index in [1.54, 1.807) is 25.2 Å². The van der Waals surface area contributed by atoms with E-state index in [1.807, 2.05) is 0 Å². The van der Waals surface area contributed by atoms with Gasteiger partial charge in [-0.05, 0) is 18.2 Å². The van der Waals surface area contributed by atoms with Gasteiger partial charge in [0.2, 0.25) is 5.78 Å². The number of ketones is 1. The first-order valence-electron chi connectivity index (χ1n) is 5.52. The zero-order chi connectivity index (χ0) is 14.0. The fourth-order valence-electron chi connectivity index (χ4n) is 1.81. The SMILES string of the molecule is COc1ccc(Cl)cc1C(=O)c1c(OC)cnn1C. The van der Waals surface area contributed by atoms with Crippen molar-refractivity contribution in [2.75, 3.05) is 14.2 Å². The highest BCUT2D eigenvalue weighted by molar-refractivity contribution is 6.31. The summed E-state index contributed by atoms with van der Waals surface area (Å²) >= 11 is 5.93. The Labute approximate surface area is 115 Å². The number of rotatable bonds is 4. The van der Waals surface area contributed by atoms with Crippen LogP contribution < -0.4 is 9.47 Å². The number of carbonyl (C=O) groups excluding carboxylic acids is 1. The minimum absolute atomic E-state index is 0.254. The lowest BCUT2D eigenvalue weighted by Crippen LogP contribution is -2.11. The van der Waals surface area contributed by atoms with E-state index in [-0.39, 0.29) is 5.78 Å². The zero-order valence-electron chi connectivity index (χ0n) is 10.8. The van der Waals surface area contributed by atoms with E-state index in [4.69, 9.17) is 21.1 Å². The maximum absolute atomic E-state index is 12.6. The Bertz CT molecular complexity index is 622. The van der Waals surface area contributed by atoms with E-state index < -0.39 is 0 Å². The van der Waals surface area contributed by atoms with Gasteiger partial charge in [0.25, 0.3) is 0 Å². The van der Waals surface area contributed by atoms with Gasteiger partial charge in [-0.1, -0.05) is 11.6 Å². The van der Waals surface area contributed by atoms with E-state index in [0.29, 0.717) is 27.8 Å². The van der Waals surface area contributed by atoms with Crippen LogP contribution in [0.15, 0.2) is 24.4 Å². The van der Waals surface area contributed by atoms with Crippen molar-refractivity contribution in [3.05, 3.63) is 40.7 Å². The second kappa shape index (κ2) is 5.32. The average molecular weight is 281 g/mol. The second-order valence-electron chi connectivity index (χ2n) is 3.86. The van der Waals surface area contributed by atoms with E-state index in [0.717, 1.165) is 0 Å². The monoisotopic (exact) mass is 280 g/mol. The van der Waals surface area contributed by atoms with Crippen molar-refractivity contribution in [3.63, 3.8) is 0 Å². The van der Waals surface area contributed by atoms with Crippen molar-refractivity contribution >= 4 is 17.4 Å². The summed E-state index contributed by atoms with van der Waals surface area (Å²) in [5.41, 5.74) is 0.722. The molecule has 1 aromatic carbocycles. The molecule has 0 N–H and O–H groups in total. The van der Waals surface area contributed by atoms with Gasteiger partial charge in [-0.15, -0.1) is 0 Å². The maximum atomic E-state index is 12.6. The van der Waals surface area contributed by atoms with Gasteiger partial charge in [-0.2, -0.15) is 5.10 Å². The van der Waals surface area contributed by atoms with Gasteiger partial charge in [-0.25, -0.2) is 0 Å². The highest BCUT2D eigenvalue weighted by Crippen LogP contribution is 2.28. The van der Waals surface area contributed by atoms with Crippen LogP contribution in [0.4, 0.5) is 0 Å². The smallest absolute Gasteiger partial charge is 0.218 e. The van der Waals surface area contributed by atoms with Crippen LogP contribution in [0.1, 0.15) is 16.1 Å². The first kappa shape index (κ1) is 13.4. The molecule has 1 heterocycles. The van der Waals surface area contributed by atoms with Crippen LogP contribution in [0.2, 0.25) is 5.02 Å². The fourth-order valence-corrected chi connectivity index (χ4v) is 1.98. The van der Waals surface area contributed by atoms with Crippen LogP contribution in [0.25, 0.3) is 0 Å². The van der Waals surface area contributed by atoms with Crippen molar-refractivity contribution in [1.29, 1.82) is 0 Å². The highest BCUT2D eigenvalue weighted by atomic mass is 35.5. The van der Waals surface area contributed by atoms with Crippen LogP contribution in [-0.4, -0.2) is 29.8 Å². The van der Waals surface area contributed by atoms with Gasteiger partial charge in [0, 0.05) is 12.1 Å². The van der Waals surface area contributed by atoms with Crippen LogP contribution in [-0.2, 0) is 7.05 Å². The molecule has 1 aromatic heterocycles. The van der Waals surface area contributed by atoms with Gasteiger partial charge >= 0.3 is 0 Å². The van der Waals surface area contributed by atoms with Gasteiger partial charge < -0.3 is 9.47 Å². The Morgan fingerprint density at radius 2 is 1.95 bits per heavy atom. The topological polar surface area (TPSA) is 53.4 Å². The van der Waals surface area contributed by atoms with Gasteiger partial charge in [0.05, 0.1) is 26.0 Å². The number of hydrogen-bond acceptors (Lipinski definition) is 4. The van der Waals surface area contributed by atoms with Crippen molar-refractivity contribution in [2.24, 2.45) is 7.05 Å². The molecule has 5 nitrogen and oxygen atoms in total. The summed E-state index contributed by atoms with van der Waals surface area (Å²) in [5, 5.41) is 4.47. The summed E-state index contributed by atoms with van der Waals surface area (Å²) in [6.07, 6.45) is 1.49. The Morgan fingerprint density at radius 1 is 1.26 bits per heavy atom. The van der Waals surface area contributed by atoms with E-state index in [1.165, 1.54) is 25.1 Å². The molecule has 19 heavy (non-hydrogen) atoms. The predicted octanol–water partition coefficient (Wildman–Crippen LogP) is 2.32. The maximum Gasteiger partial charge on any atom is 0.218 e. The van der Waals surface area contributed by atoms with E-state index >= 15 is 0 Å². The number of benzene rings is 1. The number of aryl methyl sites for hydroxylation is 1. The third-order valence-corrected chi connectivity index (χ3v) is 2.98. The van der Waals surface area contributed by atoms with Crippen molar-refractivity contribution in [2.45, 2.75) is 0 Å². The summed E-state index contributed by atoms with van der Waals surface area (Å²) in [6.45, 7) is 0. The predicted molar refractivity (Wildman–Crippen MR) is 71.2 cm³/mol. The number of aromatic nitrogens is 2. The molecular formula is C13H13ClN2O3. The number of halogens is 1. The summed E-state index contributed by atoms with van der Waals surface area (Å²) < 4.78 is 11.8. The minimum Gasteiger partial charge on any atom is -0.496 e. The molecule has 0 saturated heterocycles. The Balaban J connectivity index is 2.55. The standard InChI is InChI=1S/C13H13ClN2O3/c1-16-12(11(19-3)7-15-16)13(17)9-6-8(14)4-5-10(9)18-2/h4-7H,1-3H3. The molecular weight excluding hydrogens is 268 g/mol. The lowest BCUT2D eigenvalue weighted by molar-refractivity contribution is 0.102. The van der Waals surface area contributed by atoms with Gasteiger partial charge in [-0.3, -0.25) is 9.48 Å². The van der Waals surface area contributed by atoms with Crippen LogP contribution in [0, 0.1) is 0 Å². The molecule has 0 aliphatic rings. The number of methoxy groups -OCH3 is 2. The number of carbonyl (C=O) groups is 1. The molecule has 2 rings (SSSR count). The summed E-state index contributed by atoms with van der Waals surface area (Å²) in [5.74, 6) is 0.614. The molecule has 0 fully saturated rings. The number of hydrogen-bond donors (Lipinski definition) is 0. The second-order valence-corrected chi connectivity index (χ2v) is 4.30. The molecule has 0 unspecified atom stereocenters. The molecule has 0 saturated carbocycles. The fraction of sp³-hybridized carbons (Fsp3) is 0.231. The lowest BCUT2D eigenvalue weighted by atomic mass is 10.1. The van der Waals surface area contributed by atoms with Crippen molar-refractivity contribution < 1.29 is 14.3 Å². The Morgan fingerprint density at radius 3 is 2.58 bits per heavy atom. The van der Waals surface area contributed by atoms with Gasteiger partial charge in [0.15, 0.2) is 11.4 Å². The molecule has 0 bridgehead atoms. The van der Waals surface area contributed by atoms with Crippen LogP contribution in [0.3, 0.4) is 0 Å². The lowest BCUT2D eigenvalue weighted by Gasteiger charge is -2.09. The molecule has 0 amide bonds. The van der Waals surface area contributed by atoms with Crippen LogP contribution >= 0.6 is 11.6 Å². The molecule has 0 radical (unpaired) electrons. The molecule has 2 aromatic rings. The minimum atomic E-state index is -0.254. The molecule has 0 aliphatic carbocycles. The quantitative estimate of drug-likeness (QED) is 0.807. The first-order chi connectivity index (χ1) is 9.08. The van der Waals surface area contributed by atoms with Crippen molar-refractivity contribution in [3.8, 4) is 11.5 Å². The van der Waals surface area contributed by atoms with Gasteiger partial charge in [0.1, 0.15) is 5.75 Å². The Hall–Kier alpha value is -2.01. The number of ether oxygens (including phenoxy) is 2. The summed E-state index contributed by atoms with van der Waals surface area (Å²) in [6, 6.07) is 4.88. The first-order valence-corrected chi connectivity index (χ1v) is 5.90. The molecule has 0 atom stereocenters. The van der Waals surface area contributed by atoms with E-state index in [2.05, 4.69) is 5.10 Å². The average Bonchev–Trinajstić information content (AvgIpc) is 2.79. The third-order valence-electron chi connectivity index (χ3n) is 2.75. The number of nitrogens with zero attached hydrogens (tertiary/aromatic N) is 2. The Kier molecular flexibility index (Phi) is 3.76. The molecule has 0 aliphatic heterocycles. The molecule has 100 valence electrons.